The molecule has 0 radical (unpaired) electrons. The molecule has 0 saturated carbocycles. The third kappa shape index (κ3) is 4.31. The lowest BCUT2D eigenvalue weighted by Gasteiger charge is -2.36. The number of carboxylic acids is 1. The Bertz CT molecular complexity index is 291. The van der Waals surface area contributed by atoms with Crippen LogP contribution in [0.5, 0.6) is 0 Å². The summed E-state index contributed by atoms with van der Waals surface area (Å²) in [4.78, 5) is 25.0. The first kappa shape index (κ1) is 15.0. The maximum Gasteiger partial charge on any atom is 0.305 e. The number of carbonyl (C=O) groups excluding carboxylic acids is 1. The van der Waals surface area contributed by atoms with Gasteiger partial charge in [-0.3, -0.25) is 9.59 Å². The smallest absolute Gasteiger partial charge is 0.305 e. The van der Waals surface area contributed by atoms with Crippen LogP contribution < -0.4 is 0 Å². The standard InChI is InChI=1S/C14H25NO3/c1-3-4-7-11(2)14(18)15-9-6-5-8-12(15)10-13(16)17/h11-12H,3-10H2,1-2H3,(H,16,17). The van der Waals surface area contributed by atoms with Crippen LogP contribution in [0.4, 0.5) is 0 Å². The zero-order valence-electron chi connectivity index (χ0n) is 11.5. The number of carboxylic acid groups (broad SMARTS) is 1. The van der Waals surface area contributed by atoms with E-state index < -0.39 is 5.97 Å². The second-order valence-electron chi connectivity index (χ2n) is 5.32. The average Bonchev–Trinajstić information content (AvgIpc) is 2.35. The number of aliphatic carboxylic acids is 1. The topological polar surface area (TPSA) is 57.6 Å². The van der Waals surface area contributed by atoms with Crippen molar-refractivity contribution >= 4 is 11.9 Å². The van der Waals surface area contributed by atoms with Crippen LogP contribution >= 0.6 is 0 Å². The summed E-state index contributed by atoms with van der Waals surface area (Å²) in [7, 11) is 0. The molecule has 0 bridgehead atoms. The van der Waals surface area contributed by atoms with E-state index >= 15 is 0 Å². The molecule has 1 aliphatic rings. The molecular weight excluding hydrogens is 230 g/mol. The molecule has 0 aromatic carbocycles. The summed E-state index contributed by atoms with van der Waals surface area (Å²) in [6.45, 7) is 4.81. The van der Waals surface area contributed by atoms with Gasteiger partial charge in [-0.05, 0) is 25.7 Å². The molecule has 18 heavy (non-hydrogen) atoms. The van der Waals surface area contributed by atoms with Crippen molar-refractivity contribution in [3.8, 4) is 0 Å². The Balaban J connectivity index is 2.58. The second-order valence-corrected chi connectivity index (χ2v) is 5.32. The monoisotopic (exact) mass is 255 g/mol. The quantitative estimate of drug-likeness (QED) is 0.793. The molecule has 0 aromatic heterocycles. The number of unbranched alkanes of at least 4 members (excludes halogenated alkanes) is 1. The summed E-state index contributed by atoms with van der Waals surface area (Å²) < 4.78 is 0. The number of nitrogens with zero attached hydrogens (tertiary/aromatic N) is 1. The first-order valence-corrected chi connectivity index (χ1v) is 7.08. The summed E-state index contributed by atoms with van der Waals surface area (Å²) in [6, 6.07) is -0.0900. The van der Waals surface area contributed by atoms with Crippen LogP contribution in [-0.4, -0.2) is 34.5 Å². The third-order valence-electron chi connectivity index (χ3n) is 3.73. The molecule has 4 nitrogen and oxygen atoms in total. The number of rotatable bonds is 6. The minimum atomic E-state index is -0.805. The van der Waals surface area contributed by atoms with Gasteiger partial charge in [0.15, 0.2) is 0 Å². The molecular formula is C14H25NO3. The van der Waals surface area contributed by atoms with Gasteiger partial charge in [-0.15, -0.1) is 0 Å². The molecule has 1 N–H and O–H groups in total. The zero-order chi connectivity index (χ0) is 13.5. The largest absolute Gasteiger partial charge is 0.481 e. The molecule has 0 aliphatic carbocycles. The maximum absolute atomic E-state index is 12.3. The molecule has 1 heterocycles. The summed E-state index contributed by atoms with van der Waals surface area (Å²) in [6.07, 6.45) is 6.02. The highest BCUT2D eigenvalue weighted by Crippen LogP contribution is 2.23. The zero-order valence-corrected chi connectivity index (χ0v) is 11.5. The molecule has 1 fully saturated rings. The normalized spacial score (nSPS) is 21.7. The van der Waals surface area contributed by atoms with E-state index in [1.165, 1.54) is 0 Å². The van der Waals surface area contributed by atoms with Crippen molar-refractivity contribution < 1.29 is 14.7 Å². The van der Waals surface area contributed by atoms with E-state index in [2.05, 4.69) is 6.92 Å². The van der Waals surface area contributed by atoms with Crippen LogP contribution in [0.1, 0.15) is 58.8 Å². The highest BCUT2D eigenvalue weighted by molar-refractivity contribution is 5.79. The average molecular weight is 255 g/mol. The first-order valence-electron chi connectivity index (χ1n) is 7.08. The third-order valence-corrected chi connectivity index (χ3v) is 3.73. The van der Waals surface area contributed by atoms with E-state index in [1.54, 1.807) is 0 Å². The lowest BCUT2D eigenvalue weighted by molar-refractivity contribution is -0.143. The van der Waals surface area contributed by atoms with Crippen LogP contribution in [0.3, 0.4) is 0 Å². The Morgan fingerprint density at radius 3 is 2.72 bits per heavy atom. The van der Waals surface area contributed by atoms with Gasteiger partial charge in [0.25, 0.3) is 0 Å². The Labute approximate surface area is 109 Å². The van der Waals surface area contributed by atoms with Crippen LogP contribution in [0, 0.1) is 5.92 Å². The van der Waals surface area contributed by atoms with E-state index in [9.17, 15) is 9.59 Å². The van der Waals surface area contributed by atoms with Crippen LogP contribution in [-0.2, 0) is 9.59 Å². The number of hydrogen-bond donors (Lipinski definition) is 1. The van der Waals surface area contributed by atoms with E-state index in [0.29, 0.717) is 0 Å². The summed E-state index contributed by atoms with van der Waals surface area (Å²) in [5.74, 6) is -0.630. The molecule has 1 amide bonds. The lowest BCUT2D eigenvalue weighted by Crippen LogP contribution is -2.46. The lowest BCUT2D eigenvalue weighted by atomic mass is 9.95. The number of amides is 1. The van der Waals surface area contributed by atoms with Gasteiger partial charge in [-0.25, -0.2) is 0 Å². The number of likely N-dealkylation sites (tertiary alicyclic amines) is 1. The highest BCUT2D eigenvalue weighted by atomic mass is 16.4. The van der Waals surface area contributed by atoms with Gasteiger partial charge in [0, 0.05) is 18.5 Å². The molecule has 1 aliphatic heterocycles. The van der Waals surface area contributed by atoms with Crippen molar-refractivity contribution in [2.75, 3.05) is 6.54 Å². The molecule has 0 aromatic rings. The SMILES string of the molecule is CCCCC(C)C(=O)N1CCCCC1CC(=O)O. The fourth-order valence-electron chi connectivity index (χ4n) is 2.62. The van der Waals surface area contributed by atoms with Gasteiger partial charge in [-0.2, -0.15) is 0 Å². The summed E-state index contributed by atoms with van der Waals surface area (Å²) in [5, 5.41) is 8.91. The van der Waals surface area contributed by atoms with Gasteiger partial charge < -0.3 is 10.0 Å². The minimum Gasteiger partial charge on any atom is -0.481 e. The Morgan fingerprint density at radius 1 is 1.39 bits per heavy atom. The fourth-order valence-corrected chi connectivity index (χ4v) is 2.62. The fraction of sp³-hybridized carbons (Fsp3) is 0.857. The number of hydrogen-bond acceptors (Lipinski definition) is 2. The summed E-state index contributed by atoms with van der Waals surface area (Å²) >= 11 is 0. The van der Waals surface area contributed by atoms with Crippen LogP contribution in [0.2, 0.25) is 0 Å². The van der Waals surface area contributed by atoms with Gasteiger partial charge in [0.1, 0.15) is 0 Å². The molecule has 1 rings (SSSR count). The number of piperidine rings is 1. The van der Waals surface area contributed by atoms with E-state index in [-0.39, 0.29) is 24.3 Å². The maximum atomic E-state index is 12.3. The second kappa shape index (κ2) is 7.39. The Morgan fingerprint density at radius 2 is 2.11 bits per heavy atom. The molecule has 2 unspecified atom stereocenters. The van der Waals surface area contributed by atoms with Crippen molar-refractivity contribution in [1.82, 2.24) is 4.90 Å². The molecule has 0 spiro atoms. The highest BCUT2D eigenvalue weighted by Gasteiger charge is 2.30. The Kier molecular flexibility index (Phi) is 6.16. The predicted octanol–water partition coefficient (Wildman–Crippen LogP) is 2.67. The van der Waals surface area contributed by atoms with E-state index in [0.717, 1.165) is 45.1 Å². The van der Waals surface area contributed by atoms with Gasteiger partial charge in [0.05, 0.1) is 6.42 Å². The van der Waals surface area contributed by atoms with Crippen LogP contribution in [0.25, 0.3) is 0 Å². The first-order chi connectivity index (χ1) is 8.56. The van der Waals surface area contributed by atoms with Gasteiger partial charge in [-0.1, -0.05) is 26.7 Å². The molecule has 4 heteroatoms. The van der Waals surface area contributed by atoms with Crippen LogP contribution in [0.15, 0.2) is 0 Å². The van der Waals surface area contributed by atoms with E-state index in [4.69, 9.17) is 5.11 Å². The summed E-state index contributed by atoms with van der Waals surface area (Å²) in [5.41, 5.74) is 0. The molecule has 104 valence electrons. The minimum absolute atomic E-state index is 0.0272. The van der Waals surface area contributed by atoms with Crippen molar-refractivity contribution in [2.24, 2.45) is 5.92 Å². The predicted molar refractivity (Wildman–Crippen MR) is 70.3 cm³/mol. The molecule has 1 saturated heterocycles. The van der Waals surface area contributed by atoms with Crippen molar-refractivity contribution in [3.63, 3.8) is 0 Å². The van der Waals surface area contributed by atoms with Gasteiger partial charge in [0.2, 0.25) is 5.91 Å². The van der Waals surface area contributed by atoms with E-state index in [1.807, 2.05) is 11.8 Å². The van der Waals surface area contributed by atoms with Gasteiger partial charge >= 0.3 is 5.97 Å². The van der Waals surface area contributed by atoms with Crippen molar-refractivity contribution in [3.05, 3.63) is 0 Å². The molecule has 2 atom stereocenters. The van der Waals surface area contributed by atoms with Crippen molar-refractivity contribution in [2.45, 2.75) is 64.8 Å². The Hall–Kier alpha value is -1.06. The number of carbonyl (C=O) groups is 2. The van der Waals surface area contributed by atoms with Crippen molar-refractivity contribution in [1.29, 1.82) is 0 Å².